The molecule has 1 aliphatic heterocycles. The van der Waals surface area contributed by atoms with Gasteiger partial charge in [0.2, 0.25) is 5.91 Å². The van der Waals surface area contributed by atoms with Crippen molar-refractivity contribution in [3.63, 3.8) is 0 Å². The van der Waals surface area contributed by atoms with Gasteiger partial charge in [-0.05, 0) is 20.8 Å². The standard InChI is InChI=1S/C14H22N4O3/c1-5-18(7-11(15)19)14(20)12-10-6-8(2)21-9(3)13(10)17(4)16-12/h8-9H,5-7H2,1-4H3,(H2,15,19)/t8-,9+/m0/s1. The van der Waals surface area contributed by atoms with Gasteiger partial charge in [-0.25, -0.2) is 0 Å². The average molecular weight is 294 g/mol. The molecule has 1 aliphatic rings. The maximum absolute atomic E-state index is 12.6. The van der Waals surface area contributed by atoms with Crippen molar-refractivity contribution in [1.29, 1.82) is 0 Å². The Hall–Kier alpha value is -1.89. The van der Waals surface area contributed by atoms with Gasteiger partial charge in [0.05, 0.1) is 24.4 Å². The van der Waals surface area contributed by atoms with Gasteiger partial charge in [0.15, 0.2) is 5.69 Å². The quantitative estimate of drug-likeness (QED) is 0.869. The van der Waals surface area contributed by atoms with Crippen molar-refractivity contribution in [2.24, 2.45) is 12.8 Å². The lowest BCUT2D eigenvalue weighted by atomic mass is 9.99. The summed E-state index contributed by atoms with van der Waals surface area (Å²) in [5, 5.41) is 4.35. The van der Waals surface area contributed by atoms with Gasteiger partial charge in [-0.2, -0.15) is 5.10 Å². The highest BCUT2D eigenvalue weighted by Crippen LogP contribution is 2.32. The lowest BCUT2D eigenvalue weighted by molar-refractivity contribution is -0.118. The molecule has 2 atom stereocenters. The number of primary amides is 1. The summed E-state index contributed by atoms with van der Waals surface area (Å²) >= 11 is 0. The topological polar surface area (TPSA) is 90.5 Å². The van der Waals surface area contributed by atoms with Crippen LogP contribution in [0, 0.1) is 0 Å². The zero-order valence-corrected chi connectivity index (χ0v) is 12.9. The highest BCUT2D eigenvalue weighted by atomic mass is 16.5. The summed E-state index contributed by atoms with van der Waals surface area (Å²) in [7, 11) is 1.80. The van der Waals surface area contributed by atoms with Crippen LogP contribution in [0.1, 0.15) is 48.6 Å². The predicted octanol–water partition coefficient (Wildman–Crippen LogP) is 0.390. The number of fused-ring (bicyclic) bond motifs is 1. The molecule has 2 heterocycles. The molecule has 0 aromatic carbocycles. The monoisotopic (exact) mass is 294 g/mol. The summed E-state index contributed by atoms with van der Waals surface area (Å²) in [6.07, 6.45) is 0.575. The Kier molecular flexibility index (Phi) is 4.32. The normalized spacial score (nSPS) is 21.0. The number of hydrogen-bond donors (Lipinski definition) is 1. The SMILES string of the molecule is CCN(CC(N)=O)C(=O)c1nn(C)c2c1C[C@H](C)O[C@@H]2C. The van der Waals surface area contributed by atoms with Gasteiger partial charge < -0.3 is 15.4 Å². The molecule has 2 amide bonds. The molecule has 0 saturated carbocycles. The molecule has 0 aliphatic carbocycles. The van der Waals surface area contributed by atoms with Crippen LogP contribution in [0.4, 0.5) is 0 Å². The fourth-order valence-corrected chi connectivity index (χ4v) is 2.88. The molecule has 0 unspecified atom stereocenters. The Morgan fingerprint density at radius 3 is 2.71 bits per heavy atom. The number of hydrogen-bond acceptors (Lipinski definition) is 4. The molecule has 7 heteroatoms. The minimum absolute atomic E-state index is 0.0365. The van der Waals surface area contributed by atoms with E-state index in [1.807, 2.05) is 20.8 Å². The maximum atomic E-state index is 12.6. The van der Waals surface area contributed by atoms with Crippen LogP contribution >= 0.6 is 0 Å². The van der Waals surface area contributed by atoms with Crippen molar-refractivity contribution in [3.8, 4) is 0 Å². The van der Waals surface area contributed by atoms with Crippen LogP contribution in [0.15, 0.2) is 0 Å². The Balaban J connectivity index is 2.38. The van der Waals surface area contributed by atoms with Crippen LogP contribution in [0.25, 0.3) is 0 Å². The largest absolute Gasteiger partial charge is 0.369 e. The lowest BCUT2D eigenvalue weighted by Crippen LogP contribution is -2.39. The first-order chi connectivity index (χ1) is 9.85. The van der Waals surface area contributed by atoms with Crippen LogP contribution in [0.5, 0.6) is 0 Å². The van der Waals surface area contributed by atoms with Gasteiger partial charge in [-0.15, -0.1) is 0 Å². The summed E-state index contributed by atoms with van der Waals surface area (Å²) in [5.41, 5.74) is 7.43. The molecule has 0 bridgehead atoms. The van der Waals surface area contributed by atoms with Crippen LogP contribution in [0.2, 0.25) is 0 Å². The molecule has 0 saturated heterocycles. The van der Waals surface area contributed by atoms with Crippen molar-refractivity contribution >= 4 is 11.8 Å². The number of amides is 2. The van der Waals surface area contributed by atoms with Gasteiger partial charge in [-0.3, -0.25) is 14.3 Å². The molecule has 116 valence electrons. The van der Waals surface area contributed by atoms with E-state index in [-0.39, 0.29) is 24.7 Å². The minimum atomic E-state index is -0.528. The number of carbonyl (C=O) groups excluding carboxylic acids is 2. The van der Waals surface area contributed by atoms with E-state index in [9.17, 15) is 9.59 Å². The highest BCUT2D eigenvalue weighted by Gasteiger charge is 2.32. The zero-order chi connectivity index (χ0) is 15.7. The zero-order valence-electron chi connectivity index (χ0n) is 12.9. The lowest BCUT2D eigenvalue weighted by Gasteiger charge is -2.27. The summed E-state index contributed by atoms with van der Waals surface area (Å²) in [5.74, 6) is -0.783. The van der Waals surface area contributed by atoms with E-state index in [1.54, 1.807) is 11.7 Å². The molecule has 0 spiro atoms. The number of nitrogens with zero attached hydrogens (tertiary/aromatic N) is 3. The fraction of sp³-hybridized carbons (Fsp3) is 0.643. The van der Waals surface area contributed by atoms with Crippen molar-refractivity contribution < 1.29 is 14.3 Å². The second kappa shape index (κ2) is 5.85. The first kappa shape index (κ1) is 15.5. The van der Waals surface area contributed by atoms with E-state index in [2.05, 4.69) is 5.10 Å². The third kappa shape index (κ3) is 2.92. The van der Waals surface area contributed by atoms with Crippen LogP contribution < -0.4 is 5.73 Å². The number of nitrogens with two attached hydrogens (primary N) is 1. The Morgan fingerprint density at radius 1 is 1.48 bits per heavy atom. The number of rotatable bonds is 4. The Labute approximate surface area is 124 Å². The number of carbonyl (C=O) groups is 2. The molecular weight excluding hydrogens is 272 g/mol. The van der Waals surface area contributed by atoms with Gasteiger partial charge >= 0.3 is 0 Å². The molecule has 2 N–H and O–H groups in total. The molecule has 1 aromatic rings. The molecule has 0 fully saturated rings. The van der Waals surface area contributed by atoms with Gasteiger partial charge in [0.25, 0.3) is 5.91 Å². The van der Waals surface area contributed by atoms with E-state index in [0.29, 0.717) is 18.7 Å². The average Bonchev–Trinajstić information content (AvgIpc) is 2.72. The van der Waals surface area contributed by atoms with Crippen LogP contribution in [0.3, 0.4) is 0 Å². The van der Waals surface area contributed by atoms with E-state index >= 15 is 0 Å². The van der Waals surface area contributed by atoms with E-state index in [4.69, 9.17) is 10.5 Å². The predicted molar refractivity (Wildman–Crippen MR) is 76.6 cm³/mol. The van der Waals surface area contributed by atoms with E-state index in [0.717, 1.165) is 11.3 Å². The van der Waals surface area contributed by atoms with E-state index in [1.165, 1.54) is 4.90 Å². The number of aromatic nitrogens is 2. The smallest absolute Gasteiger partial charge is 0.275 e. The molecular formula is C14H22N4O3. The number of aryl methyl sites for hydroxylation is 1. The van der Waals surface area contributed by atoms with Gasteiger partial charge in [0.1, 0.15) is 0 Å². The minimum Gasteiger partial charge on any atom is -0.369 e. The van der Waals surface area contributed by atoms with Crippen molar-refractivity contribution in [2.75, 3.05) is 13.1 Å². The summed E-state index contributed by atoms with van der Waals surface area (Å²) < 4.78 is 7.47. The molecule has 7 nitrogen and oxygen atoms in total. The third-order valence-corrected chi connectivity index (χ3v) is 3.72. The second-order valence-corrected chi connectivity index (χ2v) is 5.41. The van der Waals surface area contributed by atoms with Gasteiger partial charge in [0, 0.05) is 25.6 Å². The van der Waals surface area contributed by atoms with Gasteiger partial charge in [-0.1, -0.05) is 0 Å². The highest BCUT2D eigenvalue weighted by molar-refractivity contribution is 5.96. The number of ether oxygens (including phenoxy) is 1. The molecule has 0 radical (unpaired) electrons. The summed E-state index contributed by atoms with van der Waals surface area (Å²) in [4.78, 5) is 25.1. The van der Waals surface area contributed by atoms with Crippen molar-refractivity contribution in [1.82, 2.24) is 14.7 Å². The summed E-state index contributed by atoms with van der Waals surface area (Å²) in [6, 6.07) is 0. The van der Waals surface area contributed by atoms with Crippen LogP contribution in [-0.2, 0) is 23.0 Å². The fourth-order valence-electron chi connectivity index (χ4n) is 2.88. The van der Waals surface area contributed by atoms with Crippen LogP contribution in [-0.4, -0.2) is 45.7 Å². The Morgan fingerprint density at radius 2 is 2.14 bits per heavy atom. The first-order valence-electron chi connectivity index (χ1n) is 7.13. The van der Waals surface area contributed by atoms with Crippen molar-refractivity contribution in [3.05, 3.63) is 17.0 Å². The Bertz CT molecular complexity index is 567. The number of likely N-dealkylation sites (N-methyl/N-ethyl adjacent to an activating group) is 1. The van der Waals surface area contributed by atoms with E-state index < -0.39 is 5.91 Å². The third-order valence-electron chi connectivity index (χ3n) is 3.72. The molecule has 1 aromatic heterocycles. The molecule has 2 rings (SSSR count). The molecule has 21 heavy (non-hydrogen) atoms. The van der Waals surface area contributed by atoms with Crippen molar-refractivity contribution in [2.45, 2.75) is 39.4 Å². The first-order valence-corrected chi connectivity index (χ1v) is 7.13. The summed E-state index contributed by atoms with van der Waals surface area (Å²) in [6.45, 7) is 6.05. The maximum Gasteiger partial charge on any atom is 0.275 e. The second-order valence-electron chi connectivity index (χ2n) is 5.41.